The van der Waals surface area contributed by atoms with Gasteiger partial charge in [-0.2, -0.15) is 4.31 Å². The number of sulfonamides is 1. The molecule has 2 atom stereocenters. The summed E-state index contributed by atoms with van der Waals surface area (Å²) in [5, 5.41) is 0. The maximum Gasteiger partial charge on any atom is 0.243 e. The van der Waals surface area contributed by atoms with Gasteiger partial charge in [0.25, 0.3) is 0 Å². The molecule has 1 aliphatic carbocycles. The molecule has 3 aliphatic rings. The van der Waals surface area contributed by atoms with E-state index in [-0.39, 0.29) is 41.6 Å². The van der Waals surface area contributed by atoms with Crippen molar-refractivity contribution < 1.29 is 22.4 Å². The van der Waals surface area contributed by atoms with Crippen molar-refractivity contribution in [2.45, 2.75) is 23.8 Å². The zero-order valence-corrected chi connectivity index (χ0v) is 14.2. The first-order valence-electron chi connectivity index (χ1n) is 8.17. The van der Waals surface area contributed by atoms with Crippen LogP contribution in [0.15, 0.2) is 41.3 Å². The summed E-state index contributed by atoms with van der Waals surface area (Å²) >= 11 is 0. The van der Waals surface area contributed by atoms with Gasteiger partial charge in [-0.1, -0.05) is 18.2 Å². The summed E-state index contributed by atoms with van der Waals surface area (Å²) < 4.78 is 39.5. The number of allylic oxidation sites excluding steroid dienone is 2. The zero-order chi connectivity index (χ0) is 17.8. The minimum absolute atomic E-state index is 0.0587. The van der Waals surface area contributed by atoms with Crippen molar-refractivity contribution >= 4 is 21.8 Å². The molecule has 2 amide bonds. The number of fused-ring (bicyclic) bond motifs is 1. The van der Waals surface area contributed by atoms with Crippen LogP contribution in [0.4, 0.5) is 4.39 Å². The van der Waals surface area contributed by atoms with E-state index >= 15 is 0 Å². The zero-order valence-electron chi connectivity index (χ0n) is 13.3. The molecule has 0 N–H and O–H groups in total. The normalized spacial score (nSPS) is 27.5. The van der Waals surface area contributed by atoms with E-state index in [1.807, 2.05) is 12.2 Å². The van der Waals surface area contributed by atoms with Crippen LogP contribution in [0.2, 0.25) is 0 Å². The van der Waals surface area contributed by atoms with Crippen LogP contribution in [0, 0.1) is 17.7 Å². The van der Waals surface area contributed by atoms with E-state index in [0.717, 1.165) is 6.07 Å². The molecule has 1 aromatic rings. The van der Waals surface area contributed by atoms with E-state index in [1.165, 1.54) is 27.4 Å². The van der Waals surface area contributed by atoms with E-state index in [4.69, 9.17) is 0 Å². The predicted molar refractivity (Wildman–Crippen MR) is 86.2 cm³/mol. The Balaban J connectivity index is 1.49. The molecule has 2 aliphatic heterocycles. The second-order valence-corrected chi connectivity index (χ2v) is 8.57. The maximum atomic E-state index is 13.3. The lowest BCUT2D eigenvalue weighted by atomic mass is 9.85. The molecule has 0 aromatic heterocycles. The van der Waals surface area contributed by atoms with Crippen LogP contribution in [0.25, 0.3) is 0 Å². The summed E-state index contributed by atoms with van der Waals surface area (Å²) in [5.74, 6) is -1.66. The molecule has 8 heteroatoms. The predicted octanol–water partition coefficient (Wildman–Crippen LogP) is 1.15. The number of carbonyl (C=O) groups excluding carboxylic acids is 2. The Labute approximate surface area is 145 Å². The van der Waals surface area contributed by atoms with Gasteiger partial charge in [0.2, 0.25) is 21.8 Å². The summed E-state index contributed by atoms with van der Waals surface area (Å²) in [6.07, 6.45) is 4.95. The summed E-state index contributed by atoms with van der Waals surface area (Å²) in [7, 11) is -3.82. The number of benzene rings is 1. The second-order valence-electron chi connectivity index (χ2n) is 6.64. The van der Waals surface area contributed by atoms with Crippen LogP contribution in [0.5, 0.6) is 0 Å². The Bertz CT molecular complexity index is 850. The molecule has 4 rings (SSSR count). The Kier molecular flexibility index (Phi) is 3.77. The number of rotatable bonds is 3. The summed E-state index contributed by atoms with van der Waals surface area (Å²) in [5.41, 5.74) is 0. The second kappa shape index (κ2) is 5.74. The van der Waals surface area contributed by atoms with Gasteiger partial charge >= 0.3 is 0 Å². The monoisotopic (exact) mass is 364 g/mol. The molecule has 0 bridgehead atoms. The Morgan fingerprint density at radius 2 is 1.60 bits per heavy atom. The molecule has 0 radical (unpaired) electrons. The third-order valence-electron chi connectivity index (χ3n) is 5.17. The van der Waals surface area contributed by atoms with Crippen molar-refractivity contribution in [3.8, 4) is 0 Å². The lowest BCUT2D eigenvalue weighted by Crippen LogP contribution is -2.62. The number of nitrogens with zero attached hydrogens (tertiary/aromatic N) is 2. The highest BCUT2D eigenvalue weighted by Gasteiger charge is 2.53. The number of carbonyl (C=O) groups is 2. The number of hydrogen-bond donors (Lipinski definition) is 0. The fourth-order valence-electron chi connectivity index (χ4n) is 3.74. The van der Waals surface area contributed by atoms with Gasteiger partial charge in [0.15, 0.2) is 0 Å². The molecule has 6 nitrogen and oxygen atoms in total. The van der Waals surface area contributed by atoms with Gasteiger partial charge in [-0.3, -0.25) is 14.5 Å². The van der Waals surface area contributed by atoms with Crippen molar-refractivity contribution in [3.63, 3.8) is 0 Å². The molecule has 2 saturated heterocycles. The summed E-state index contributed by atoms with van der Waals surface area (Å²) in [6, 6.07) is 4.38. The average molecular weight is 364 g/mol. The summed E-state index contributed by atoms with van der Waals surface area (Å²) in [4.78, 5) is 26.1. The van der Waals surface area contributed by atoms with E-state index in [9.17, 15) is 22.4 Å². The van der Waals surface area contributed by atoms with Gasteiger partial charge in [-0.15, -0.1) is 0 Å². The highest BCUT2D eigenvalue weighted by Crippen LogP contribution is 2.38. The minimum atomic E-state index is -3.82. The quantitative estimate of drug-likeness (QED) is 0.596. The third-order valence-corrected chi connectivity index (χ3v) is 7.00. The van der Waals surface area contributed by atoms with Crippen molar-refractivity contribution in [3.05, 3.63) is 42.2 Å². The van der Waals surface area contributed by atoms with E-state index < -0.39 is 21.9 Å². The first kappa shape index (κ1) is 16.4. The summed E-state index contributed by atoms with van der Waals surface area (Å²) in [6.45, 7) is 0.117. The topological polar surface area (TPSA) is 74.8 Å². The molecular weight excluding hydrogens is 347 g/mol. The lowest BCUT2D eigenvalue weighted by Gasteiger charge is -2.42. The average Bonchev–Trinajstić information content (AvgIpc) is 2.79. The SMILES string of the molecule is O=C1C2CC=CCC2C(=O)N1C1CN(S(=O)(=O)c2cccc(F)c2)C1. The van der Waals surface area contributed by atoms with Crippen molar-refractivity contribution in [2.75, 3.05) is 13.1 Å². The van der Waals surface area contributed by atoms with Gasteiger partial charge in [0, 0.05) is 13.1 Å². The van der Waals surface area contributed by atoms with Gasteiger partial charge in [-0.25, -0.2) is 12.8 Å². The molecular formula is C17H17FN2O4S. The molecule has 132 valence electrons. The highest BCUT2D eigenvalue weighted by molar-refractivity contribution is 7.89. The lowest BCUT2D eigenvalue weighted by molar-refractivity contribution is -0.145. The first-order valence-corrected chi connectivity index (χ1v) is 9.61. The van der Waals surface area contributed by atoms with Gasteiger partial charge in [0.1, 0.15) is 5.82 Å². The number of amides is 2. The highest BCUT2D eigenvalue weighted by atomic mass is 32.2. The van der Waals surface area contributed by atoms with Gasteiger partial charge in [-0.05, 0) is 31.0 Å². The Morgan fingerprint density at radius 1 is 1.00 bits per heavy atom. The standard InChI is InChI=1S/C17H17FN2O4S/c18-11-4-3-5-13(8-11)25(23,24)19-9-12(10-19)20-16(21)14-6-1-2-7-15(14)17(20)22/h1-5,8,12,14-15H,6-7,9-10H2. The molecule has 2 fully saturated rings. The Morgan fingerprint density at radius 3 is 2.16 bits per heavy atom. The number of hydrogen-bond acceptors (Lipinski definition) is 4. The molecule has 0 saturated carbocycles. The number of halogens is 1. The molecule has 1 aromatic carbocycles. The number of likely N-dealkylation sites (tertiary alicyclic amines) is 1. The molecule has 2 unspecified atom stereocenters. The van der Waals surface area contributed by atoms with Crippen LogP contribution < -0.4 is 0 Å². The number of imide groups is 1. The van der Waals surface area contributed by atoms with E-state index in [0.29, 0.717) is 12.8 Å². The molecule has 25 heavy (non-hydrogen) atoms. The van der Waals surface area contributed by atoms with Crippen LogP contribution in [-0.4, -0.2) is 48.6 Å². The fraction of sp³-hybridized carbons (Fsp3) is 0.412. The van der Waals surface area contributed by atoms with Gasteiger partial charge < -0.3 is 0 Å². The minimum Gasteiger partial charge on any atom is -0.276 e. The van der Waals surface area contributed by atoms with Crippen molar-refractivity contribution in [1.29, 1.82) is 0 Å². The maximum absolute atomic E-state index is 13.3. The molecule has 0 spiro atoms. The van der Waals surface area contributed by atoms with Crippen LogP contribution in [0.3, 0.4) is 0 Å². The van der Waals surface area contributed by atoms with Crippen LogP contribution in [-0.2, 0) is 19.6 Å². The van der Waals surface area contributed by atoms with E-state index in [2.05, 4.69) is 0 Å². The first-order chi connectivity index (χ1) is 11.9. The smallest absolute Gasteiger partial charge is 0.243 e. The largest absolute Gasteiger partial charge is 0.276 e. The van der Waals surface area contributed by atoms with Crippen molar-refractivity contribution in [2.24, 2.45) is 11.8 Å². The van der Waals surface area contributed by atoms with E-state index in [1.54, 1.807) is 0 Å². The third kappa shape index (κ3) is 2.51. The van der Waals surface area contributed by atoms with Crippen molar-refractivity contribution in [1.82, 2.24) is 9.21 Å². The van der Waals surface area contributed by atoms with Crippen LogP contribution in [0.1, 0.15) is 12.8 Å². The van der Waals surface area contributed by atoms with Gasteiger partial charge in [0.05, 0.1) is 22.8 Å². The fourth-order valence-corrected chi connectivity index (χ4v) is 5.29. The molecule has 2 heterocycles. The Hall–Kier alpha value is -2.06. The van der Waals surface area contributed by atoms with Crippen LogP contribution >= 0.6 is 0 Å².